The van der Waals surface area contributed by atoms with Gasteiger partial charge in [0.25, 0.3) is 5.91 Å². The molecule has 8 heteroatoms. The lowest BCUT2D eigenvalue weighted by molar-refractivity contribution is 0.102. The molecule has 1 aromatic carbocycles. The molecule has 1 heterocycles. The molecular weight excluding hydrogens is 358 g/mol. The minimum absolute atomic E-state index is 0.123. The van der Waals surface area contributed by atoms with Crippen LogP contribution in [0.4, 0.5) is 5.69 Å². The molecule has 0 fully saturated rings. The zero-order chi connectivity index (χ0) is 18.3. The van der Waals surface area contributed by atoms with E-state index in [-0.39, 0.29) is 10.8 Å². The first-order valence-corrected chi connectivity index (χ1v) is 10.6. The highest BCUT2D eigenvalue weighted by Crippen LogP contribution is 2.20. The number of carbonyl (C=O) groups excluding carboxylic acids is 1. The first-order valence-electron chi connectivity index (χ1n) is 7.88. The first kappa shape index (κ1) is 19.4. The average molecular weight is 380 g/mol. The highest BCUT2D eigenvalue weighted by molar-refractivity contribution is 7.98. The van der Waals surface area contributed by atoms with Crippen molar-refractivity contribution >= 4 is 33.4 Å². The van der Waals surface area contributed by atoms with E-state index in [2.05, 4.69) is 15.0 Å². The molecule has 6 nitrogen and oxygen atoms in total. The molecule has 1 amide bonds. The van der Waals surface area contributed by atoms with E-state index in [9.17, 15) is 13.2 Å². The Morgan fingerprint density at radius 3 is 2.76 bits per heavy atom. The van der Waals surface area contributed by atoms with Crippen LogP contribution in [0, 0.1) is 0 Å². The van der Waals surface area contributed by atoms with Crippen LogP contribution >= 0.6 is 11.8 Å². The zero-order valence-electron chi connectivity index (χ0n) is 14.2. The van der Waals surface area contributed by atoms with E-state index < -0.39 is 10.0 Å². The van der Waals surface area contributed by atoms with Crippen molar-refractivity contribution in [3.05, 3.63) is 48.2 Å². The van der Waals surface area contributed by atoms with Gasteiger partial charge >= 0.3 is 0 Å². The summed E-state index contributed by atoms with van der Waals surface area (Å²) in [7, 11) is -3.59. The number of carbonyl (C=O) groups is 1. The van der Waals surface area contributed by atoms with Gasteiger partial charge in [-0.25, -0.2) is 18.1 Å². The summed E-state index contributed by atoms with van der Waals surface area (Å²) in [4.78, 5) is 16.7. The standard InChI is InChI=1S/C17H21N3O3S2/c1-3-4-11-19-25(22,23)14-8-5-7-13(12-14)20-16(21)15-9-6-10-18-17(15)24-2/h5-10,12,19H,3-4,11H2,1-2H3,(H,20,21). The number of aromatic nitrogens is 1. The number of unbranched alkanes of at least 4 members (excludes halogenated alkanes) is 1. The molecule has 0 aliphatic carbocycles. The molecule has 0 bridgehead atoms. The molecule has 2 N–H and O–H groups in total. The molecule has 0 spiro atoms. The van der Waals surface area contributed by atoms with Crippen LogP contribution in [0.15, 0.2) is 52.5 Å². The monoisotopic (exact) mass is 379 g/mol. The molecule has 2 aromatic rings. The van der Waals surface area contributed by atoms with E-state index in [4.69, 9.17) is 0 Å². The minimum atomic E-state index is -3.59. The molecule has 2 rings (SSSR count). The molecule has 0 saturated heterocycles. The third kappa shape index (κ3) is 5.29. The van der Waals surface area contributed by atoms with Crippen LogP contribution in [0.5, 0.6) is 0 Å². The Balaban J connectivity index is 2.17. The molecule has 0 atom stereocenters. The molecule has 0 unspecified atom stereocenters. The Kier molecular flexibility index (Phi) is 6.98. The van der Waals surface area contributed by atoms with Crippen molar-refractivity contribution in [2.24, 2.45) is 0 Å². The van der Waals surface area contributed by atoms with E-state index in [1.165, 1.54) is 23.9 Å². The second-order valence-corrected chi connectivity index (χ2v) is 7.86. The van der Waals surface area contributed by atoms with Crippen LogP contribution in [0.1, 0.15) is 30.1 Å². The van der Waals surface area contributed by atoms with Gasteiger partial charge in [-0.05, 0) is 43.0 Å². The van der Waals surface area contributed by atoms with E-state index in [0.29, 0.717) is 22.8 Å². The summed E-state index contributed by atoms with van der Waals surface area (Å²) in [6.07, 6.45) is 5.14. The maximum atomic E-state index is 12.4. The normalized spacial score (nSPS) is 11.3. The number of benzene rings is 1. The van der Waals surface area contributed by atoms with Gasteiger partial charge < -0.3 is 5.32 Å². The van der Waals surface area contributed by atoms with Crippen molar-refractivity contribution in [1.29, 1.82) is 0 Å². The molecule has 25 heavy (non-hydrogen) atoms. The summed E-state index contributed by atoms with van der Waals surface area (Å²) in [5.74, 6) is -0.328. The van der Waals surface area contributed by atoms with E-state index >= 15 is 0 Å². The lowest BCUT2D eigenvalue weighted by Crippen LogP contribution is -2.24. The summed E-state index contributed by atoms with van der Waals surface area (Å²) < 4.78 is 27.1. The third-order valence-electron chi connectivity index (χ3n) is 3.43. The molecule has 0 radical (unpaired) electrons. The largest absolute Gasteiger partial charge is 0.322 e. The van der Waals surface area contributed by atoms with Gasteiger partial charge in [0.15, 0.2) is 0 Å². The van der Waals surface area contributed by atoms with Gasteiger partial charge in [0, 0.05) is 18.4 Å². The molecule has 0 saturated carbocycles. The number of rotatable bonds is 8. The Hall–Kier alpha value is -1.90. The molecule has 1 aromatic heterocycles. The second-order valence-electron chi connectivity index (χ2n) is 5.29. The highest BCUT2D eigenvalue weighted by Gasteiger charge is 2.16. The fourth-order valence-electron chi connectivity index (χ4n) is 2.13. The lowest BCUT2D eigenvalue weighted by atomic mass is 10.2. The average Bonchev–Trinajstić information content (AvgIpc) is 2.62. The number of hydrogen-bond acceptors (Lipinski definition) is 5. The number of pyridine rings is 1. The Bertz CT molecular complexity index is 839. The smallest absolute Gasteiger partial charge is 0.258 e. The summed E-state index contributed by atoms with van der Waals surface area (Å²) >= 11 is 1.38. The highest BCUT2D eigenvalue weighted by atomic mass is 32.2. The van der Waals surface area contributed by atoms with Gasteiger partial charge in [-0.15, -0.1) is 11.8 Å². The zero-order valence-corrected chi connectivity index (χ0v) is 15.8. The molecule has 0 aliphatic rings. The van der Waals surface area contributed by atoms with Gasteiger partial charge in [0.05, 0.1) is 10.5 Å². The Labute approximate surface area is 152 Å². The number of thioether (sulfide) groups is 1. The van der Waals surface area contributed by atoms with E-state index in [0.717, 1.165) is 12.8 Å². The predicted molar refractivity (Wildman–Crippen MR) is 101 cm³/mol. The van der Waals surface area contributed by atoms with E-state index in [1.807, 2.05) is 13.2 Å². The van der Waals surface area contributed by atoms with Gasteiger partial charge in [-0.1, -0.05) is 19.4 Å². The maximum Gasteiger partial charge on any atom is 0.258 e. The van der Waals surface area contributed by atoms with Gasteiger partial charge in [0.2, 0.25) is 10.0 Å². The van der Waals surface area contributed by atoms with Crippen molar-refractivity contribution in [3.63, 3.8) is 0 Å². The number of nitrogens with zero attached hydrogens (tertiary/aromatic N) is 1. The molecule has 134 valence electrons. The van der Waals surface area contributed by atoms with Crippen LogP contribution in [-0.4, -0.2) is 32.1 Å². The summed E-state index contributed by atoms with van der Waals surface area (Å²) in [5, 5.41) is 3.34. The SMILES string of the molecule is CCCCNS(=O)(=O)c1cccc(NC(=O)c2cccnc2SC)c1. The Morgan fingerprint density at radius 2 is 2.04 bits per heavy atom. The minimum Gasteiger partial charge on any atom is -0.322 e. The van der Waals surface area contributed by atoms with Crippen molar-refractivity contribution in [1.82, 2.24) is 9.71 Å². The van der Waals surface area contributed by atoms with Crippen LogP contribution in [0.25, 0.3) is 0 Å². The molecule has 0 aliphatic heterocycles. The van der Waals surface area contributed by atoms with Crippen molar-refractivity contribution < 1.29 is 13.2 Å². The van der Waals surface area contributed by atoms with Crippen molar-refractivity contribution in [2.75, 3.05) is 18.1 Å². The van der Waals surface area contributed by atoms with Crippen molar-refractivity contribution in [2.45, 2.75) is 29.7 Å². The summed E-state index contributed by atoms with van der Waals surface area (Å²) in [5.41, 5.74) is 0.864. The number of sulfonamides is 1. The van der Waals surface area contributed by atoms with Crippen LogP contribution in [-0.2, 0) is 10.0 Å². The topological polar surface area (TPSA) is 88.2 Å². The summed E-state index contributed by atoms with van der Waals surface area (Å²) in [6, 6.07) is 9.57. The first-order chi connectivity index (χ1) is 12.0. The fraction of sp³-hybridized carbons (Fsp3) is 0.294. The van der Waals surface area contributed by atoms with Crippen LogP contribution in [0.2, 0.25) is 0 Å². The number of nitrogens with one attached hydrogen (secondary N) is 2. The molecular formula is C17H21N3O3S2. The Morgan fingerprint density at radius 1 is 1.24 bits per heavy atom. The van der Waals surface area contributed by atoms with E-state index in [1.54, 1.807) is 30.5 Å². The maximum absolute atomic E-state index is 12.4. The fourth-order valence-corrected chi connectivity index (χ4v) is 3.80. The number of amides is 1. The van der Waals surface area contributed by atoms with Gasteiger partial charge in [0.1, 0.15) is 5.03 Å². The van der Waals surface area contributed by atoms with Crippen LogP contribution in [0.3, 0.4) is 0 Å². The number of anilines is 1. The second kappa shape index (κ2) is 8.98. The van der Waals surface area contributed by atoms with Crippen molar-refractivity contribution in [3.8, 4) is 0 Å². The number of hydrogen-bond donors (Lipinski definition) is 2. The van der Waals surface area contributed by atoms with Crippen LogP contribution < -0.4 is 10.0 Å². The quantitative estimate of drug-likeness (QED) is 0.543. The summed E-state index contributed by atoms with van der Waals surface area (Å²) in [6.45, 7) is 2.38. The predicted octanol–water partition coefficient (Wildman–Crippen LogP) is 3.13. The third-order valence-corrected chi connectivity index (χ3v) is 5.60. The lowest BCUT2D eigenvalue weighted by Gasteiger charge is -2.10. The van der Waals surface area contributed by atoms with Gasteiger partial charge in [-0.2, -0.15) is 0 Å². The van der Waals surface area contributed by atoms with Gasteiger partial charge in [-0.3, -0.25) is 4.79 Å².